The molecule has 0 aliphatic carbocycles. The average molecular weight is 312 g/mol. The van der Waals surface area contributed by atoms with Gasteiger partial charge in [-0.25, -0.2) is 4.98 Å². The Morgan fingerprint density at radius 3 is 2.65 bits per heavy atom. The summed E-state index contributed by atoms with van der Waals surface area (Å²) in [4.78, 5) is 10.1. The van der Waals surface area contributed by atoms with E-state index in [1.54, 1.807) is 17.5 Å². The van der Waals surface area contributed by atoms with Crippen LogP contribution in [-0.4, -0.2) is 17.0 Å². The van der Waals surface area contributed by atoms with Gasteiger partial charge >= 0.3 is 0 Å². The second-order valence-electron chi connectivity index (χ2n) is 3.85. The van der Waals surface area contributed by atoms with E-state index in [1.165, 1.54) is 4.88 Å². The van der Waals surface area contributed by atoms with E-state index in [2.05, 4.69) is 44.2 Å². The Bertz CT molecular complexity index is 505. The molecule has 2 rings (SSSR count). The maximum absolute atomic E-state index is 4.60. The molecule has 2 heterocycles. The van der Waals surface area contributed by atoms with Gasteiger partial charge in [-0.05, 0) is 48.5 Å². The summed E-state index contributed by atoms with van der Waals surface area (Å²) in [5, 5.41) is 4.38. The molecule has 5 heteroatoms. The van der Waals surface area contributed by atoms with Gasteiger partial charge in [0.25, 0.3) is 0 Å². The second kappa shape index (κ2) is 5.25. The number of aromatic nitrogens is 2. The molecule has 0 bridgehead atoms. The van der Waals surface area contributed by atoms with Crippen LogP contribution in [0.5, 0.6) is 0 Å². The van der Waals surface area contributed by atoms with E-state index in [0.717, 1.165) is 20.7 Å². The summed E-state index contributed by atoms with van der Waals surface area (Å²) in [7, 11) is 1.94. The summed E-state index contributed by atoms with van der Waals surface area (Å²) >= 11 is 5.18. The predicted octanol–water partition coefficient (Wildman–Crippen LogP) is 3.23. The summed E-state index contributed by atoms with van der Waals surface area (Å²) in [6, 6.07) is 2.18. The topological polar surface area (TPSA) is 37.8 Å². The van der Waals surface area contributed by atoms with Crippen LogP contribution in [0.25, 0.3) is 0 Å². The van der Waals surface area contributed by atoms with Crippen molar-refractivity contribution in [2.45, 2.75) is 19.9 Å². The van der Waals surface area contributed by atoms with Crippen LogP contribution in [0.1, 0.15) is 27.2 Å². The highest BCUT2D eigenvalue weighted by Crippen LogP contribution is 2.28. The lowest BCUT2D eigenvalue weighted by Gasteiger charge is -2.13. The number of rotatable bonds is 3. The van der Waals surface area contributed by atoms with Gasteiger partial charge in [-0.2, -0.15) is 0 Å². The molecular weight excluding hydrogens is 298 g/mol. The van der Waals surface area contributed by atoms with E-state index in [0.29, 0.717) is 0 Å². The number of nitrogens with one attached hydrogen (secondary N) is 1. The maximum Gasteiger partial charge on any atom is 0.115 e. The predicted molar refractivity (Wildman–Crippen MR) is 74.4 cm³/mol. The molecule has 0 saturated heterocycles. The number of hydrogen-bond acceptors (Lipinski definition) is 4. The van der Waals surface area contributed by atoms with Crippen LogP contribution < -0.4 is 5.32 Å². The van der Waals surface area contributed by atoms with Crippen molar-refractivity contribution in [3.63, 3.8) is 0 Å². The summed E-state index contributed by atoms with van der Waals surface area (Å²) in [5.41, 5.74) is 2.23. The van der Waals surface area contributed by atoms with Crippen LogP contribution in [0.4, 0.5) is 0 Å². The molecule has 0 aliphatic rings. The molecule has 0 aliphatic heterocycles. The van der Waals surface area contributed by atoms with Crippen LogP contribution >= 0.6 is 27.3 Å². The molecule has 1 N–H and O–H groups in total. The van der Waals surface area contributed by atoms with E-state index in [9.17, 15) is 0 Å². The lowest BCUT2D eigenvalue weighted by atomic mass is 10.1. The van der Waals surface area contributed by atoms with Gasteiger partial charge in [0.05, 0.1) is 11.7 Å². The fourth-order valence-corrected chi connectivity index (χ4v) is 3.08. The van der Waals surface area contributed by atoms with Crippen molar-refractivity contribution < 1.29 is 0 Å². The van der Waals surface area contributed by atoms with Crippen LogP contribution in [0.2, 0.25) is 0 Å². The van der Waals surface area contributed by atoms with Crippen molar-refractivity contribution in [2.24, 2.45) is 0 Å². The Morgan fingerprint density at radius 2 is 2.12 bits per heavy atom. The van der Waals surface area contributed by atoms with Crippen molar-refractivity contribution in [3.8, 4) is 0 Å². The highest BCUT2D eigenvalue weighted by molar-refractivity contribution is 9.10. The lowest BCUT2D eigenvalue weighted by molar-refractivity contribution is 0.681. The number of thiazole rings is 1. The maximum atomic E-state index is 4.60. The van der Waals surface area contributed by atoms with Gasteiger partial charge in [-0.1, -0.05) is 0 Å². The van der Waals surface area contributed by atoms with Gasteiger partial charge in [0.1, 0.15) is 5.01 Å². The largest absolute Gasteiger partial charge is 0.307 e. The Balaban J connectivity index is 2.39. The Morgan fingerprint density at radius 1 is 1.35 bits per heavy atom. The minimum atomic E-state index is 0.109. The first-order valence-corrected chi connectivity index (χ1v) is 6.94. The van der Waals surface area contributed by atoms with Gasteiger partial charge in [0, 0.05) is 21.7 Å². The zero-order valence-electron chi connectivity index (χ0n) is 9.99. The lowest BCUT2D eigenvalue weighted by Crippen LogP contribution is -2.17. The zero-order chi connectivity index (χ0) is 12.4. The monoisotopic (exact) mass is 311 g/mol. The summed E-state index contributed by atoms with van der Waals surface area (Å²) in [6.45, 7) is 4.14. The number of aryl methyl sites for hydroxylation is 2. The molecule has 2 aromatic heterocycles. The van der Waals surface area contributed by atoms with E-state index < -0.39 is 0 Å². The highest BCUT2D eigenvalue weighted by Gasteiger charge is 2.17. The Kier molecular flexibility index (Phi) is 3.91. The molecule has 0 amide bonds. The van der Waals surface area contributed by atoms with Gasteiger partial charge in [0.15, 0.2) is 0 Å². The van der Waals surface area contributed by atoms with Crippen LogP contribution in [0.15, 0.2) is 22.9 Å². The quantitative estimate of drug-likeness (QED) is 0.945. The molecule has 1 atom stereocenters. The number of hydrogen-bond donors (Lipinski definition) is 1. The number of halogens is 1. The summed E-state index contributed by atoms with van der Waals surface area (Å²) in [5.74, 6) is 0. The smallest absolute Gasteiger partial charge is 0.115 e. The number of pyridine rings is 1. The second-order valence-corrected chi connectivity index (χ2v) is 6.00. The highest BCUT2D eigenvalue weighted by atomic mass is 79.9. The SMILES string of the molecule is CNC(c1cncc(Br)c1)c1nc(C)c(C)s1. The van der Waals surface area contributed by atoms with Crippen molar-refractivity contribution in [1.82, 2.24) is 15.3 Å². The first-order chi connectivity index (χ1) is 8.11. The standard InChI is InChI=1S/C12H14BrN3S/c1-7-8(2)17-12(16-7)11(14-3)9-4-10(13)6-15-5-9/h4-6,11,14H,1-3H3. The van der Waals surface area contributed by atoms with Crippen molar-refractivity contribution >= 4 is 27.3 Å². The molecular formula is C12H14BrN3S. The normalized spacial score (nSPS) is 12.7. The first kappa shape index (κ1) is 12.7. The molecule has 90 valence electrons. The molecule has 2 aromatic rings. The van der Waals surface area contributed by atoms with Crippen molar-refractivity contribution in [2.75, 3.05) is 7.05 Å². The minimum Gasteiger partial charge on any atom is -0.307 e. The third-order valence-electron chi connectivity index (χ3n) is 2.64. The zero-order valence-corrected chi connectivity index (χ0v) is 12.4. The molecule has 0 spiro atoms. The molecule has 3 nitrogen and oxygen atoms in total. The Hall–Kier alpha value is -0.780. The fourth-order valence-electron chi connectivity index (χ4n) is 1.64. The average Bonchev–Trinajstić information content (AvgIpc) is 2.60. The van der Waals surface area contributed by atoms with Crippen LogP contribution in [-0.2, 0) is 0 Å². The van der Waals surface area contributed by atoms with E-state index in [4.69, 9.17) is 0 Å². The fraction of sp³-hybridized carbons (Fsp3) is 0.333. The first-order valence-electron chi connectivity index (χ1n) is 5.33. The molecule has 1 unspecified atom stereocenters. The molecule has 0 saturated carbocycles. The van der Waals surface area contributed by atoms with Gasteiger partial charge in [-0.15, -0.1) is 11.3 Å². The number of nitrogens with zero attached hydrogens (tertiary/aromatic N) is 2. The van der Waals surface area contributed by atoms with Crippen LogP contribution in [0, 0.1) is 13.8 Å². The summed E-state index contributed by atoms with van der Waals surface area (Å²) in [6.07, 6.45) is 3.66. The van der Waals surface area contributed by atoms with Gasteiger partial charge in [0.2, 0.25) is 0 Å². The third-order valence-corrected chi connectivity index (χ3v) is 4.21. The Labute approximate surface area is 113 Å². The van der Waals surface area contributed by atoms with Crippen LogP contribution in [0.3, 0.4) is 0 Å². The van der Waals surface area contributed by atoms with Crippen molar-refractivity contribution in [3.05, 3.63) is 44.1 Å². The van der Waals surface area contributed by atoms with E-state index in [1.807, 2.05) is 20.2 Å². The summed E-state index contributed by atoms with van der Waals surface area (Å²) < 4.78 is 0.986. The van der Waals surface area contributed by atoms with Gasteiger partial charge < -0.3 is 5.32 Å². The third kappa shape index (κ3) is 2.73. The van der Waals surface area contributed by atoms with Gasteiger partial charge in [-0.3, -0.25) is 4.98 Å². The van der Waals surface area contributed by atoms with Crippen molar-refractivity contribution in [1.29, 1.82) is 0 Å². The molecule has 0 fully saturated rings. The van der Waals surface area contributed by atoms with E-state index in [-0.39, 0.29) is 6.04 Å². The molecule has 0 radical (unpaired) electrons. The van der Waals surface area contributed by atoms with E-state index >= 15 is 0 Å². The molecule has 17 heavy (non-hydrogen) atoms. The minimum absolute atomic E-state index is 0.109. The molecule has 0 aromatic carbocycles.